The van der Waals surface area contributed by atoms with Crippen LogP contribution in [0.3, 0.4) is 0 Å². The number of nitrogens with one attached hydrogen (secondary N) is 1. The van der Waals surface area contributed by atoms with Gasteiger partial charge in [-0.2, -0.15) is 5.10 Å². The third-order valence-electron chi connectivity index (χ3n) is 2.51. The van der Waals surface area contributed by atoms with E-state index in [1.807, 2.05) is 17.7 Å². The first-order valence-electron chi connectivity index (χ1n) is 5.19. The minimum atomic E-state index is -0.145. The number of ether oxygens (including phenoxy) is 1. The molecule has 0 radical (unpaired) electrons. The Kier molecular flexibility index (Phi) is 3.01. The van der Waals surface area contributed by atoms with Gasteiger partial charge in [-0.3, -0.25) is 9.48 Å². The summed E-state index contributed by atoms with van der Waals surface area (Å²) in [6.07, 6.45) is 1.75. The minimum absolute atomic E-state index is 0.133. The fraction of sp³-hybridized carbons (Fsp3) is 0.600. The molecule has 0 spiro atoms. The first kappa shape index (κ1) is 10.2. The van der Waals surface area contributed by atoms with Crippen LogP contribution in [0.4, 0.5) is 0 Å². The third-order valence-corrected chi connectivity index (χ3v) is 2.51. The van der Waals surface area contributed by atoms with Crippen LogP contribution < -0.4 is 5.32 Å². The lowest BCUT2D eigenvalue weighted by Crippen LogP contribution is -2.30. The maximum absolute atomic E-state index is 11.6. The van der Waals surface area contributed by atoms with E-state index in [0.29, 0.717) is 19.7 Å². The number of fused-ring (bicyclic) bond motifs is 1. The SMILES string of the molecule is CCOC(=O)[C@H]1CNCc2ccnn2C1. The summed E-state index contributed by atoms with van der Waals surface area (Å²) in [7, 11) is 0. The van der Waals surface area contributed by atoms with Crippen molar-refractivity contribution in [2.75, 3.05) is 13.2 Å². The molecule has 0 unspecified atom stereocenters. The Morgan fingerprint density at radius 1 is 1.80 bits per heavy atom. The van der Waals surface area contributed by atoms with E-state index >= 15 is 0 Å². The summed E-state index contributed by atoms with van der Waals surface area (Å²) in [6, 6.07) is 1.96. The summed E-state index contributed by atoms with van der Waals surface area (Å²) >= 11 is 0. The number of hydrogen-bond donors (Lipinski definition) is 1. The van der Waals surface area contributed by atoms with Gasteiger partial charge >= 0.3 is 5.97 Å². The maximum atomic E-state index is 11.6. The van der Waals surface area contributed by atoms with Crippen LogP contribution in [0.15, 0.2) is 12.3 Å². The fourth-order valence-electron chi connectivity index (χ4n) is 1.74. The Morgan fingerprint density at radius 2 is 2.67 bits per heavy atom. The van der Waals surface area contributed by atoms with Crippen molar-refractivity contribution in [1.29, 1.82) is 0 Å². The molecule has 0 saturated carbocycles. The van der Waals surface area contributed by atoms with Gasteiger partial charge in [0.15, 0.2) is 0 Å². The fourth-order valence-corrected chi connectivity index (χ4v) is 1.74. The lowest BCUT2D eigenvalue weighted by Gasteiger charge is -2.12. The van der Waals surface area contributed by atoms with E-state index in [2.05, 4.69) is 10.4 Å². The predicted molar refractivity (Wildman–Crippen MR) is 54.1 cm³/mol. The standard InChI is InChI=1S/C10H15N3O2/c1-2-15-10(14)8-5-11-6-9-3-4-12-13(9)7-8/h3-4,8,11H,2,5-7H2,1H3/t8-/m0/s1. The van der Waals surface area contributed by atoms with Gasteiger partial charge in [0.1, 0.15) is 0 Å². The van der Waals surface area contributed by atoms with Gasteiger partial charge in [-0.05, 0) is 13.0 Å². The zero-order valence-corrected chi connectivity index (χ0v) is 8.77. The molecule has 5 nitrogen and oxygen atoms in total. The Hall–Kier alpha value is -1.36. The van der Waals surface area contributed by atoms with Crippen LogP contribution in [0, 0.1) is 5.92 Å². The van der Waals surface area contributed by atoms with Crippen molar-refractivity contribution in [2.24, 2.45) is 5.92 Å². The van der Waals surface area contributed by atoms with E-state index < -0.39 is 0 Å². The number of carbonyl (C=O) groups excluding carboxylic acids is 1. The van der Waals surface area contributed by atoms with Gasteiger partial charge in [0.25, 0.3) is 0 Å². The molecule has 82 valence electrons. The summed E-state index contributed by atoms with van der Waals surface area (Å²) in [6.45, 7) is 4.27. The first-order valence-corrected chi connectivity index (χ1v) is 5.19. The Morgan fingerprint density at radius 3 is 3.47 bits per heavy atom. The topological polar surface area (TPSA) is 56.1 Å². The highest BCUT2D eigenvalue weighted by Crippen LogP contribution is 2.10. The van der Waals surface area contributed by atoms with E-state index in [9.17, 15) is 4.79 Å². The minimum Gasteiger partial charge on any atom is -0.466 e. The molecular weight excluding hydrogens is 194 g/mol. The molecule has 1 aliphatic rings. The van der Waals surface area contributed by atoms with Crippen LogP contribution in [0.2, 0.25) is 0 Å². The van der Waals surface area contributed by atoms with Gasteiger partial charge < -0.3 is 10.1 Å². The molecular formula is C10H15N3O2. The Bertz CT molecular complexity index is 348. The van der Waals surface area contributed by atoms with Gasteiger partial charge in [-0.1, -0.05) is 0 Å². The van der Waals surface area contributed by atoms with Gasteiger partial charge in [-0.15, -0.1) is 0 Å². The summed E-state index contributed by atoms with van der Waals surface area (Å²) in [5, 5.41) is 7.40. The summed E-state index contributed by atoms with van der Waals surface area (Å²) in [5.74, 6) is -0.278. The van der Waals surface area contributed by atoms with Crippen LogP contribution >= 0.6 is 0 Å². The van der Waals surface area contributed by atoms with Crippen LogP contribution in [0.1, 0.15) is 12.6 Å². The molecule has 15 heavy (non-hydrogen) atoms. The molecule has 1 N–H and O–H groups in total. The van der Waals surface area contributed by atoms with Crippen molar-refractivity contribution in [3.63, 3.8) is 0 Å². The van der Waals surface area contributed by atoms with Crippen LogP contribution in [0.5, 0.6) is 0 Å². The van der Waals surface area contributed by atoms with Gasteiger partial charge in [-0.25, -0.2) is 0 Å². The predicted octanol–water partition coefficient (Wildman–Crippen LogP) is 0.166. The van der Waals surface area contributed by atoms with E-state index in [-0.39, 0.29) is 11.9 Å². The van der Waals surface area contributed by atoms with Crippen molar-refractivity contribution in [3.8, 4) is 0 Å². The average Bonchev–Trinajstić information content (AvgIpc) is 2.56. The number of nitrogens with zero attached hydrogens (tertiary/aromatic N) is 2. The summed E-state index contributed by atoms with van der Waals surface area (Å²) < 4.78 is 6.87. The van der Waals surface area contributed by atoms with Crippen molar-refractivity contribution in [3.05, 3.63) is 18.0 Å². The zero-order valence-electron chi connectivity index (χ0n) is 8.77. The molecule has 0 aliphatic carbocycles. The molecule has 1 atom stereocenters. The zero-order chi connectivity index (χ0) is 10.7. The summed E-state index contributed by atoms with van der Waals surface area (Å²) in [4.78, 5) is 11.6. The number of aromatic nitrogens is 2. The highest BCUT2D eigenvalue weighted by atomic mass is 16.5. The van der Waals surface area contributed by atoms with Crippen molar-refractivity contribution < 1.29 is 9.53 Å². The number of hydrogen-bond acceptors (Lipinski definition) is 4. The molecule has 2 heterocycles. The molecule has 1 aliphatic heterocycles. The molecule has 5 heteroatoms. The van der Waals surface area contributed by atoms with E-state index in [1.54, 1.807) is 6.20 Å². The third kappa shape index (κ3) is 2.18. The molecule has 0 amide bonds. The molecule has 0 saturated heterocycles. The number of rotatable bonds is 2. The molecule has 2 rings (SSSR count). The molecule has 1 aromatic rings. The number of esters is 1. The Labute approximate surface area is 88.4 Å². The van der Waals surface area contributed by atoms with E-state index in [4.69, 9.17) is 4.74 Å². The van der Waals surface area contributed by atoms with Crippen LogP contribution in [-0.2, 0) is 22.6 Å². The highest BCUT2D eigenvalue weighted by molar-refractivity contribution is 5.72. The van der Waals surface area contributed by atoms with Crippen molar-refractivity contribution in [2.45, 2.75) is 20.0 Å². The quantitative estimate of drug-likeness (QED) is 0.705. The molecule has 0 bridgehead atoms. The van der Waals surface area contributed by atoms with Crippen LogP contribution in [-0.4, -0.2) is 28.9 Å². The number of carbonyl (C=O) groups is 1. The second kappa shape index (κ2) is 4.44. The normalized spacial score (nSPS) is 20.5. The Balaban J connectivity index is 2.08. The smallest absolute Gasteiger partial charge is 0.312 e. The van der Waals surface area contributed by atoms with Crippen molar-refractivity contribution >= 4 is 5.97 Å². The summed E-state index contributed by atoms with van der Waals surface area (Å²) in [5.41, 5.74) is 1.11. The molecule has 0 fully saturated rings. The average molecular weight is 209 g/mol. The lowest BCUT2D eigenvalue weighted by atomic mass is 10.1. The largest absolute Gasteiger partial charge is 0.466 e. The lowest BCUT2D eigenvalue weighted by molar-refractivity contribution is -0.148. The van der Waals surface area contributed by atoms with E-state index in [0.717, 1.165) is 12.2 Å². The second-order valence-electron chi connectivity index (χ2n) is 3.58. The monoisotopic (exact) mass is 209 g/mol. The van der Waals surface area contributed by atoms with Gasteiger partial charge in [0.2, 0.25) is 0 Å². The van der Waals surface area contributed by atoms with E-state index in [1.165, 1.54) is 0 Å². The highest BCUT2D eigenvalue weighted by Gasteiger charge is 2.23. The van der Waals surface area contributed by atoms with Crippen molar-refractivity contribution in [1.82, 2.24) is 15.1 Å². The second-order valence-corrected chi connectivity index (χ2v) is 3.58. The maximum Gasteiger partial charge on any atom is 0.312 e. The van der Waals surface area contributed by atoms with Gasteiger partial charge in [0, 0.05) is 19.3 Å². The van der Waals surface area contributed by atoms with Gasteiger partial charge in [0.05, 0.1) is 24.8 Å². The van der Waals surface area contributed by atoms with Crippen LogP contribution in [0.25, 0.3) is 0 Å². The first-order chi connectivity index (χ1) is 7.31. The molecule has 1 aromatic heterocycles. The molecule has 0 aromatic carbocycles.